The van der Waals surface area contributed by atoms with E-state index >= 15 is 0 Å². The van der Waals surface area contributed by atoms with Crippen LogP contribution < -0.4 is 0 Å². The summed E-state index contributed by atoms with van der Waals surface area (Å²) >= 11 is 6.98. The van der Waals surface area contributed by atoms with E-state index in [9.17, 15) is 30.3 Å². The molecule has 8 rings (SSSR count). The number of pyridine rings is 1. The van der Waals surface area contributed by atoms with Gasteiger partial charge in [-0.25, -0.2) is 14.6 Å². The number of benzene rings is 3. The van der Waals surface area contributed by atoms with Crippen molar-refractivity contribution >= 4 is 110 Å². The number of hydrogen-bond donors (Lipinski definition) is 2. The normalized spacial score (nSPS) is 14.9. The summed E-state index contributed by atoms with van der Waals surface area (Å²) in [5.41, 5.74) is 11.1. The van der Waals surface area contributed by atoms with Crippen molar-refractivity contribution in [2.24, 2.45) is 0 Å². The molecule has 0 saturated carbocycles. The second-order valence-electron chi connectivity index (χ2n) is 22.2. The first kappa shape index (κ1) is 62.4. The van der Waals surface area contributed by atoms with E-state index in [4.69, 9.17) is 4.98 Å². The number of aromatic nitrogens is 1. The molecule has 0 aliphatic carbocycles. The Kier molecular flexibility index (Phi) is 23.2. The summed E-state index contributed by atoms with van der Waals surface area (Å²) in [6.45, 7) is 11.3. The highest BCUT2D eigenvalue weighted by atomic mass is 32.2. The standard InChI is InChI=1S/C72H79N3O4S4/c1-6-10-14-19-27-52-45-66(68-53(28-20-15-11-7-2)41-58(80-68)43-56(47-73)70(76)77)82-64(52)37-33-49-31-35-62-60(39-49)67(51-25-23-18-24-26-51)61-40-50(32-36-63(61)75-62)34-38-65-55(30-22-17-13-9-4)46-72(5,83-65)69-54(29-21-16-12-8-3)42-59(81-69)44-57(48-74)71(78)79/h18,23-26,31-45H,6-17,19-22,27-30,46H2,1-5H3,(H,76,77)(H,78,79)/b37-33+,38-34+,56-43+,57-44+. The van der Waals surface area contributed by atoms with Gasteiger partial charge in [-0.15, -0.1) is 45.8 Å². The molecule has 7 nitrogen and oxygen atoms in total. The second-order valence-corrected chi connectivity index (χ2v) is 27.0. The van der Waals surface area contributed by atoms with Gasteiger partial charge in [-0.05, 0) is 165 Å². The Morgan fingerprint density at radius 3 is 1.65 bits per heavy atom. The Balaban J connectivity index is 1.16. The second kappa shape index (κ2) is 30.8. The van der Waals surface area contributed by atoms with Crippen molar-refractivity contribution in [3.63, 3.8) is 0 Å². The summed E-state index contributed by atoms with van der Waals surface area (Å²) in [5.74, 6) is -2.41. The van der Waals surface area contributed by atoms with Crippen molar-refractivity contribution in [2.45, 2.75) is 174 Å². The molecule has 1 unspecified atom stereocenters. The van der Waals surface area contributed by atoms with Gasteiger partial charge in [0.15, 0.2) is 0 Å². The number of carbonyl (C=O) groups is 2. The van der Waals surface area contributed by atoms with Gasteiger partial charge in [-0.1, -0.05) is 165 Å². The number of rotatable bonds is 31. The van der Waals surface area contributed by atoms with Crippen LogP contribution in [0.5, 0.6) is 0 Å². The number of nitrogens with zero attached hydrogens (tertiary/aromatic N) is 3. The van der Waals surface area contributed by atoms with E-state index in [-0.39, 0.29) is 15.9 Å². The van der Waals surface area contributed by atoms with Gasteiger partial charge in [0.2, 0.25) is 0 Å². The molecule has 0 spiro atoms. The third-order valence-electron chi connectivity index (χ3n) is 15.7. The summed E-state index contributed by atoms with van der Waals surface area (Å²) in [6, 6.07) is 34.3. The number of aliphatic carboxylic acids is 2. The third kappa shape index (κ3) is 16.4. The molecule has 0 amide bonds. The summed E-state index contributed by atoms with van der Waals surface area (Å²) in [4.78, 5) is 36.9. The number of carboxylic acids is 2. The smallest absolute Gasteiger partial charge is 0.346 e. The van der Waals surface area contributed by atoms with E-state index in [0.717, 1.165) is 137 Å². The largest absolute Gasteiger partial charge is 0.477 e. The number of thiophene rings is 3. The van der Waals surface area contributed by atoms with Gasteiger partial charge in [0.25, 0.3) is 0 Å². The van der Waals surface area contributed by atoms with Crippen LogP contribution in [0.2, 0.25) is 0 Å². The minimum absolute atomic E-state index is 0.231. The first-order valence-corrected chi connectivity index (χ1v) is 33.4. The molecule has 0 bridgehead atoms. The van der Waals surface area contributed by atoms with Gasteiger partial charge in [0.1, 0.15) is 23.3 Å². The Bertz CT molecular complexity index is 3650. The number of thioether (sulfide) groups is 1. The van der Waals surface area contributed by atoms with Crippen LogP contribution >= 0.6 is 45.8 Å². The van der Waals surface area contributed by atoms with Crippen LogP contribution in [0.15, 0.2) is 113 Å². The number of fused-ring (bicyclic) bond motifs is 2. The highest BCUT2D eigenvalue weighted by molar-refractivity contribution is 8.04. The first-order valence-electron chi connectivity index (χ1n) is 30.2. The van der Waals surface area contributed by atoms with Crippen molar-refractivity contribution < 1.29 is 19.8 Å². The minimum atomic E-state index is -1.21. The lowest BCUT2D eigenvalue weighted by molar-refractivity contribution is -0.133. The van der Waals surface area contributed by atoms with E-state index in [1.165, 1.54) is 104 Å². The third-order valence-corrected chi connectivity index (χ3v) is 21.1. The van der Waals surface area contributed by atoms with Crippen molar-refractivity contribution in [1.29, 1.82) is 10.5 Å². The van der Waals surface area contributed by atoms with Crippen molar-refractivity contribution in [3.05, 3.63) is 160 Å². The molecule has 430 valence electrons. The Morgan fingerprint density at radius 2 is 1.10 bits per heavy atom. The minimum Gasteiger partial charge on any atom is -0.477 e. The van der Waals surface area contributed by atoms with Crippen molar-refractivity contribution in [1.82, 2.24) is 4.98 Å². The molecule has 7 aromatic rings. The van der Waals surface area contributed by atoms with Crippen molar-refractivity contribution in [3.8, 4) is 33.0 Å². The monoisotopic (exact) mass is 1180 g/mol. The topological polar surface area (TPSA) is 135 Å². The average Bonchev–Trinajstić information content (AvgIpc) is 4.45. The lowest BCUT2D eigenvalue weighted by atomic mass is 9.92. The number of unbranched alkanes of at least 4 members (excludes halogenated alkanes) is 12. The lowest BCUT2D eigenvalue weighted by Crippen LogP contribution is -2.14. The Hall–Kier alpha value is -6.60. The maximum absolute atomic E-state index is 11.9. The van der Waals surface area contributed by atoms with Crippen LogP contribution in [0.1, 0.15) is 198 Å². The summed E-state index contributed by atoms with van der Waals surface area (Å²) in [5, 5.41) is 41.0. The van der Waals surface area contributed by atoms with Crippen LogP contribution in [0.3, 0.4) is 0 Å². The first-order chi connectivity index (χ1) is 40.4. The molecular formula is C72H79N3O4S4. The van der Waals surface area contributed by atoms with Gasteiger partial charge < -0.3 is 10.2 Å². The zero-order valence-electron chi connectivity index (χ0n) is 49.1. The fraction of sp³-hybridized carbons (Fsp3) is 0.375. The number of nitriles is 2. The van der Waals surface area contributed by atoms with Crippen LogP contribution in [0.25, 0.3) is 73.1 Å². The zero-order chi connectivity index (χ0) is 58.7. The SMILES string of the molecule is CCCCCCC1=C(/C=C/c2ccc3nc4ccc(/C=C/c5sc(-c6sc(/C=C(\C#N)C(=O)O)cc6CCCCCC)cc5CCCCCC)cc4c(-c4ccccc4)c3c2)SC(C)(c2sc(/C=C(\C#N)C(=O)O)cc2CCCCCC)C1. The number of hydrogen-bond acceptors (Lipinski definition) is 9. The number of carboxylic acid groups (broad SMARTS) is 2. The molecule has 4 aromatic heterocycles. The van der Waals surface area contributed by atoms with Crippen LogP contribution in [0.4, 0.5) is 0 Å². The van der Waals surface area contributed by atoms with Crippen LogP contribution in [-0.4, -0.2) is 27.1 Å². The average molecular weight is 1180 g/mol. The molecule has 3 aromatic carbocycles. The van der Waals surface area contributed by atoms with Gasteiger partial charge in [0, 0.05) is 50.5 Å². The quantitative estimate of drug-likeness (QED) is 0.0190. The maximum atomic E-state index is 11.9. The zero-order valence-corrected chi connectivity index (χ0v) is 52.3. The molecule has 83 heavy (non-hydrogen) atoms. The molecule has 1 aliphatic heterocycles. The van der Waals surface area contributed by atoms with Crippen LogP contribution in [-0.2, 0) is 33.6 Å². The Morgan fingerprint density at radius 1 is 0.578 bits per heavy atom. The highest BCUT2D eigenvalue weighted by Crippen LogP contribution is 2.57. The van der Waals surface area contributed by atoms with E-state index in [1.807, 2.05) is 23.9 Å². The van der Waals surface area contributed by atoms with Crippen molar-refractivity contribution in [2.75, 3.05) is 0 Å². The van der Waals surface area contributed by atoms with Gasteiger partial charge in [-0.2, -0.15) is 10.5 Å². The molecular weight excluding hydrogens is 1100 g/mol. The molecule has 11 heteroatoms. The molecule has 1 atom stereocenters. The molecule has 2 N–H and O–H groups in total. The van der Waals surface area contributed by atoms with E-state index < -0.39 is 11.9 Å². The molecule has 0 saturated heterocycles. The van der Waals surface area contributed by atoms with E-state index in [2.05, 4.69) is 144 Å². The Labute approximate surface area is 508 Å². The molecule has 0 fully saturated rings. The van der Waals surface area contributed by atoms with Gasteiger partial charge >= 0.3 is 11.9 Å². The summed E-state index contributed by atoms with van der Waals surface area (Å²) < 4.78 is -0.231. The van der Waals surface area contributed by atoms with Gasteiger partial charge in [-0.3, -0.25) is 0 Å². The lowest BCUT2D eigenvalue weighted by Gasteiger charge is -2.24. The van der Waals surface area contributed by atoms with Gasteiger partial charge in [0.05, 0.1) is 15.8 Å². The number of aryl methyl sites for hydroxylation is 3. The molecule has 0 radical (unpaired) electrons. The van der Waals surface area contributed by atoms with E-state index in [1.54, 1.807) is 40.1 Å². The highest BCUT2D eigenvalue weighted by Gasteiger charge is 2.39. The fourth-order valence-corrected chi connectivity index (χ4v) is 16.6. The predicted octanol–water partition coefficient (Wildman–Crippen LogP) is 21.7. The predicted molar refractivity (Wildman–Crippen MR) is 356 cm³/mol. The summed E-state index contributed by atoms with van der Waals surface area (Å²) in [7, 11) is 0. The van der Waals surface area contributed by atoms with Crippen LogP contribution in [0, 0.1) is 22.7 Å². The molecule has 5 heterocycles. The fourth-order valence-electron chi connectivity index (χ4n) is 11.3. The number of allylic oxidation sites excluding steroid dienone is 2. The summed E-state index contributed by atoms with van der Waals surface area (Å²) in [6.07, 6.45) is 35.5. The maximum Gasteiger partial charge on any atom is 0.346 e. The molecule has 1 aliphatic rings. The van der Waals surface area contributed by atoms with E-state index in [0.29, 0.717) is 0 Å².